The van der Waals surface area contributed by atoms with Gasteiger partial charge in [-0.25, -0.2) is 18.4 Å². The maximum atomic E-state index is 15.0. The summed E-state index contributed by atoms with van der Waals surface area (Å²) in [5.41, 5.74) is -0.673. The summed E-state index contributed by atoms with van der Waals surface area (Å²) in [5.74, 6) is -2.76. The molecule has 3 fully saturated rings. The fraction of sp³-hybridized carbons (Fsp3) is 0.457. The van der Waals surface area contributed by atoms with E-state index in [1.807, 2.05) is 12.2 Å². The van der Waals surface area contributed by atoms with Gasteiger partial charge in [-0.2, -0.15) is 18.2 Å². The number of allylic oxidation sites excluding steroid dienone is 2. The van der Waals surface area contributed by atoms with Gasteiger partial charge in [0.15, 0.2) is 11.6 Å². The van der Waals surface area contributed by atoms with Crippen molar-refractivity contribution in [1.82, 2.24) is 29.5 Å². The third kappa shape index (κ3) is 9.13. The summed E-state index contributed by atoms with van der Waals surface area (Å²) in [6.45, 7) is -0.0755. The lowest BCUT2D eigenvalue weighted by atomic mass is 9.90. The smallest absolute Gasteiger partial charge is 0.416 e. The Balaban J connectivity index is 1.07. The van der Waals surface area contributed by atoms with Gasteiger partial charge in [-0.05, 0) is 68.7 Å². The van der Waals surface area contributed by atoms with Gasteiger partial charge in [-0.1, -0.05) is 49.3 Å². The van der Waals surface area contributed by atoms with Gasteiger partial charge in [-0.3, -0.25) is 23.9 Å². The number of hydrogen-bond donors (Lipinski definition) is 1. The number of furan rings is 1. The van der Waals surface area contributed by atoms with E-state index in [1.54, 1.807) is 43.7 Å². The first-order valence-corrected chi connectivity index (χ1v) is 24.2. The fourth-order valence-electron chi connectivity index (χ4n) is 9.00. The molecule has 19 heteroatoms. The van der Waals surface area contributed by atoms with Gasteiger partial charge < -0.3 is 19.0 Å². The zero-order chi connectivity index (χ0) is 45.8. The van der Waals surface area contributed by atoms with E-state index in [0.717, 1.165) is 25.0 Å². The standard InChI is InChI=1S/C46H47F3N6O8S2/c1-54(2)43(58)33-25-64-37(50-33)20-27-10-6-4-3-5-7-11-29-22-45(29,44(59)53-65(60,61)31-18-19-31)23-35(56)34-21-30(24-55(34)42(27)57)62-41-39-38(32-12-8-9-13-36(32)63-39)51-40(52-41)26-14-16-28(17-15-26)46(47,48)49/h7-9,11-17,25,27,29-31,34H,3-6,10,18-24H2,1-2H3,(H,53,59)/b11-7-/t27-,29+,30-,34+,45-/m1/s1. The number of carbonyl (C=O) groups is 4. The second-order valence-corrected chi connectivity index (χ2v) is 20.7. The van der Waals surface area contributed by atoms with Crippen molar-refractivity contribution in [3.63, 3.8) is 0 Å². The fourth-order valence-corrected chi connectivity index (χ4v) is 11.2. The molecular formula is C46H47F3N6O8S2. The van der Waals surface area contributed by atoms with Crippen molar-refractivity contribution in [3.8, 4) is 17.3 Å². The summed E-state index contributed by atoms with van der Waals surface area (Å²) < 4.78 is 81.7. The number of halogens is 3. The maximum absolute atomic E-state index is 15.0. The topological polar surface area (TPSA) is 182 Å². The van der Waals surface area contributed by atoms with Gasteiger partial charge >= 0.3 is 6.18 Å². The van der Waals surface area contributed by atoms with Crippen LogP contribution in [0, 0.1) is 17.3 Å². The van der Waals surface area contributed by atoms with E-state index in [9.17, 15) is 36.0 Å². The zero-order valence-electron chi connectivity index (χ0n) is 35.7. The van der Waals surface area contributed by atoms with Crippen LogP contribution in [0.4, 0.5) is 13.2 Å². The summed E-state index contributed by atoms with van der Waals surface area (Å²) >= 11 is 1.28. The van der Waals surface area contributed by atoms with E-state index in [0.29, 0.717) is 53.6 Å². The molecule has 5 heterocycles. The Bertz CT molecular complexity index is 2820. The molecular weight excluding hydrogens is 886 g/mol. The SMILES string of the molecule is CN(C)C(=O)c1csc(C[C@H]2CCCCC/C=C\[C@H]3C[C@@]3(C(=O)NS(=O)(=O)C3CC3)CC(=O)[C@@H]3C[C@@H](Oc4nc(-c5ccc(C(F)(F)F)cc5)nc5c4oc4ccccc45)CN3C2=O)n1. The molecule has 2 aliphatic carbocycles. The molecule has 5 atom stereocenters. The Hall–Kier alpha value is -5.69. The number of nitrogens with zero attached hydrogens (tertiary/aromatic N) is 5. The highest BCUT2D eigenvalue weighted by Crippen LogP contribution is 2.57. The van der Waals surface area contributed by atoms with E-state index in [4.69, 9.17) is 14.1 Å². The molecule has 342 valence electrons. The van der Waals surface area contributed by atoms with Crippen molar-refractivity contribution < 1.29 is 49.9 Å². The normalized spacial score (nSPS) is 24.8. The molecule has 3 amide bonds. The summed E-state index contributed by atoms with van der Waals surface area (Å²) in [5, 5.41) is 2.20. The number of ether oxygens (including phenoxy) is 1. The second-order valence-electron chi connectivity index (χ2n) is 17.8. The predicted octanol–water partition coefficient (Wildman–Crippen LogP) is 7.52. The lowest BCUT2D eigenvalue weighted by molar-refractivity contribution is -0.142. The first-order valence-electron chi connectivity index (χ1n) is 21.8. The van der Waals surface area contributed by atoms with E-state index in [-0.39, 0.29) is 78.5 Å². The third-order valence-electron chi connectivity index (χ3n) is 12.9. The number of sulfonamides is 1. The highest BCUT2D eigenvalue weighted by Gasteiger charge is 2.61. The van der Waals surface area contributed by atoms with Crippen molar-refractivity contribution in [2.24, 2.45) is 17.3 Å². The average Bonchev–Trinajstić information content (AvgIpc) is 4.10. The number of fused-ring (bicyclic) bond motifs is 5. The van der Waals surface area contributed by atoms with Crippen LogP contribution >= 0.6 is 11.3 Å². The number of alkyl halides is 3. The van der Waals surface area contributed by atoms with Gasteiger partial charge in [-0.15, -0.1) is 11.3 Å². The van der Waals surface area contributed by atoms with E-state index in [1.165, 1.54) is 33.3 Å². The first-order chi connectivity index (χ1) is 31.0. The molecule has 1 saturated heterocycles. The summed E-state index contributed by atoms with van der Waals surface area (Å²) in [6.07, 6.45) is 2.97. The number of carbonyl (C=O) groups excluding carboxylic acids is 4. The molecule has 5 aromatic rings. The summed E-state index contributed by atoms with van der Waals surface area (Å²) in [6, 6.07) is 10.4. The van der Waals surface area contributed by atoms with Crippen molar-refractivity contribution in [1.29, 1.82) is 0 Å². The predicted molar refractivity (Wildman–Crippen MR) is 234 cm³/mol. The van der Waals surface area contributed by atoms with Crippen molar-refractivity contribution in [2.75, 3.05) is 20.6 Å². The minimum absolute atomic E-state index is 0.0179. The highest BCUT2D eigenvalue weighted by atomic mass is 32.2. The minimum Gasteiger partial charge on any atom is -0.470 e. The molecule has 0 bridgehead atoms. The summed E-state index contributed by atoms with van der Waals surface area (Å²) in [7, 11) is -0.669. The minimum atomic E-state index is -4.56. The van der Waals surface area contributed by atoms with Crippen LogP contribution in [0.5, 0.6) is 5.88 Å². The Morgan fingerprint density at radius 3 is 2.52 bits per heavy atom. The Morgan fingerprint density at radius 2 is 1.78 bits per heavy atom. The molecule has 65 heavy (non-hydrogen) atoms. The molecule has 14 nitrogen and oxygen atoms in total. The van der Waals surface area contributed by atoms with Crippen LogP contribution in [0.25, 0.3) is 33.5 Å². The number of Topliss-reactive ketones (excluding diaryl/α,β-unsaturated/α-hetero) is 1. The van der Waals surface area contributed by atoms with Gasteiger partial charge in [0.05, 0.1) is 33.8 Å². The van der Waals surface area contributed by atoms with Crippen LogP contribution in [-0.2, 0) is 37.0 Å². The molecule has 2 saturated carbocycles. The number of rotatable bonds is 9. The zero-order valence-corrected chi connectivity index (χ0v) is 37.3. The molecule has 2 aliphatic heterocycles. The molecule has 9 rings (SSSR count). The lowest BCUT2D eigenvalue weighted by Crippen LogP contribution is -2.46. The van der Waals surface area contributed by atoms with Crippen LogP contribution in [0.3, 0.4) is 0 Å². The van der Waals surface area contributed by atoms with Gasteiger partial charge in [0.2, 0.25) is 27.4 Å². The van der Waals surface area contributed by atoms with Crippen LogP contribution in [-0.4, -0.2) is 94.7 Å². The Kier molecular flexibility index (Phi) is 11.8. The lowest BCUT2D eigenvalue weighted by Gasteiger charge is -2.29. The molecule has 3 aromatic heterocycles. The largest absolute Gasteiger partial charge is 0.470 e. The van der Waals surface area contributed by atoms with Crippen molar-refractivity contribution in [2.45, 2.75) is 94.2 Å². The molecule has 2 aromatic carbocycles. The maximum Gasteiger partial charge on any atom is 0.416 e. The van der Waals surface area contributed by atoms with Crippen LogP contribution in [0.1, 0.15) is 85.3 Å². The quantitative estimate of drug-likeness (QED) is 0.144. The monoisotopic (exact) mass is 932 g/mol. The van der Waals surface area contributed by atoms with Crippen LogP contribution in [0.15, 0.2) is 70.5 Å². The number of benzene rings is 2. The third-order valence-corrected chi connectivity index (χ3v) is 15.6. The van der Waals surface area contributed by atoms with Gasteiger partial charge in [0, 0.05) is 55.6 Å². The number of ketones is 1. The molecule has 0 radical (unpaired) electrons. The number of amides is 3. The number of aromatic nitrogens is 3. The summed E-state index contributed by atoms with van der Waals surface area (Å²) in [4.78, 5) is 73.4. The van der Waals surface area contributed by atoms with Crippen molar-refractivity contribution in [3.05, 3.63) is 82.3 Å². The number of thiazole rings is 1. The highest BCUT2D eigenvalue weighted by molar-refractivity contribution is 7.90. The Morgan fingerprint density at radius 1 is 1.02 bits per heavy atom. The average molecular weight is 933 g/mol. The molecule has 1 N–H and O–H groups in total. The first kappa shape index (κ1) is 44.5. The van der Waals surface area contributed by atoms with E-state index < -0.39 is 62.2 Å². The van der Waals surface area contributed by atoms with Gasteiger partial charge in [0.1, 0.15) is 22.9 Å². The van der Waals surface area contributed by atoms with E-state index >= 15 is 4.79 Å². The van der Waals surface area contributed by atoms with Crippen molar-refractivity contribution >= 4 is 66.9 Å². The van der Waals surface area contributed by atoms with Crippen LogP contribution in [0.2, 0.25) is 0 Å². The molecule has 0 unspecified atom stereocenters. The second kappa shape index (κ2) is 17.3. The molecule has 4 aliphatic rings. The van der Waals surface area contributed by atoms with Gasteiger partial charge in [0.25, 0.3) is 11.8 Å². The van der Waals surface area contributed by atoms with Crippen LogP contribution < -0.4 is 9.46 Å². The number of hydrogen-bond acceptors (Lipinski definition) is 12. The number of nitrogens with one attached hydrogen (secondary N) is 1. The Labute approximate surface area is 376 Å². The van der Waals surface area contributed by atoms with E-state index in [2.05, 4.69) is 14.7 Å². The number of para-hydroxylation sites is 1. The molecule has 0 spiro atoms.